The summed E-state index contributed by atoms with van der Waals surface area (Å²) in [5.41, 5.74) is 2.91. The molecule has 0 saturated carbocycles. The summed E-state index contributed by atoms with van der Waals surface area (Å²) in [7, 11) is 0. The van der Waals surface area contributed by atoms with Gasteiger partial charge in [0.2, 0.25) is 5.91 Å². The summed E-state index contributed by atoms with van der Waals surface area (Å²) in [6.45, 7) is 1.58. The van der Waals surface area contributed by atoms with E-state index in [2.05, 4.69) is 10.8 Å². The van der Waals surface area contributed by atoms with Crippen LogP contribution in [0.2, 0.25) is 0 Å². The van der Waals surface area contributed by atoms with E-state index >= 15 is 0 Å². The molecule has 1 amide bonds. The van der Waals surface area contributed by atoms with Crippen LogP contribution in [0.3, 0.4) is 0 Å². The Labute approximate surface area is 107 Å². The average molecular weight is 272 g/mol. The van der Waals surface area contributed by atoms with E-state index in [1.165, 1.54) is 6.92 Å². The number of carbonyl (C=O) groups is 1. The van der Waals surface area contributed by atoms with E-state index in [0.717, 1.165) is 12.1 Å². The fourth-order valence-electron chi connectivity index (χ4n) is 1.60. The van der Waals surface area contributed by atoms with Gasteiger partial charge in [-0.1, -0.05) is 0 Å². The Morgan fingerprint density at radius 3 is 2.58 bits per heavy atom. The standard InChI is InChI=1S/C12H11F3N2O2/c1-6(18)16-5-8-4-11(17-19-8)7-2-9(13)12(15)10(14)3-7/h2-4,8,17H,5H2,1H3,(H,16,18). The van der Waals surface area contributed by atoms with Gasteiger partial charge in [0.05, 0.1) is 12.2 Å². The summed E-state index contributed by atoms with van der Waals surface area (Å²) in [6, 6.07) is 1.72. The predicted octanol–water partition coefficient (Wildman–Crippen LogP) is 1.48. The Morgan fingerprint density at radius 1 is 1.37 bits per heavy atom. The van der Waals surface area contributed by atoms with Crippen molar-refractivity contribution in [3.63, 3.8) is 0 Å². The number of benzene rings is 1. The van der Waals surface area contributed by atoms with Gasteiger partial charge < -0.3 is 5.32 Å². The molecule has 102 valence electrons. The van der Waals surface area contributed by atoms with E-state index in [1.54, 1.807) is 6.08 Å². The third-order valence-electron chi connectivity index (χ3n) is 2.52. The van der Waals surface area contributed by atoms with Crippen LogP contribution in [-0.4, -0.2) is 18.6 Å². The third kappa shape index (κ3) is 3.05. The topological polar surface area (TPSA) is 50.4 Å². The van der Waals surface area contributed by atoms with Crippen molar-refractivity contribution >= 4 is 11.6 Å². The van der Waals surface area contributed by atoms with Crippen LogP contribution in [0.15, 0.2) is 18.2 Å². The summed E-state index contributed by atoms with van der Waals surface area (Å²) in [5, 5.41) is 2.53. The number of carbonyl (C=O) groups excluding carboxylic acids is 1. The second-order valence-corrected chi connectivity index (χ2v) is 4.03. The number of amides is 1. The predicted molar refractivity (Wildman–Crippen MR) is 61.0 cm³/mol. The van der Waals surface area contributed by atoms with Gasteiger partial charge in [-0.15, -0.1) is 0 Å². The Morgan fingerprint density at radius 2 is 2.00 bits per heavy atom. The minimum atomic E-state index is -1.52. The molecule has 0 spiro atoms. The number of hydroxylamine groups is 1. The number of halogens is 3. The molecule has 1 atom stereocenters. The minimum Gasteiger partial charge on any atom is -0.353 e. The second kappa shape index (κ2) is 5.31. The molecular weight excluding hydrogens is 261 g/mol. The molecule has 1 aliphatic heterocycles. The third-order valence-corrected chi connectivity index (χ3v) is 2.52. The summed E-state index contributed by atoms with van der Waals surface area (Å²) < 4.78 is 39.0. The van der Waals surface area contributed by atoms with E-state index in [4.69, 9.17) is 4.84 Å². The molecule has 2 N–H and O–H groups in total. The lowest BCUT2D eigenvalue weighted by molar-refractivity contribution is -0.119. The van der Waals surface area contributed by atoms with Crippen LogP contribution in [0.1, 0.15) is 12.5 Å². The number of rotatable bonds is 3. The molecule has 0 bridgehead atoms. The maximum atomic E-state index is 13.1. The molecule has 0 aliphatic carbocycles. The summed E-state index contributed by atoms with van der Waals surface area (Å²) in [4.78, 5) is 15.8. The molecule has 1 unspecified atom stereocenters. The Hall–Kier alpha value is -2.02. The van der Waals surface area contributed by atoms with Gasteiger partial charge in [0.1, 0.15) is 6.10 Å². The van der Waals surface area contributed by atoms with Crippen LogP contribution >= 0.6 is 0 Å². The molecule has 1 aliphatic rings. The van der Waals surface area contributed by atoms with Crippen LogP contribution in [-0.2, 0) is 9.63 Å². The highest BCUT2D eigenvalue weighted by Gasteiger charge is 2.20. The van der Waals surface area contributed by atoms with E-state index in [-0.39, 0.29) is 18.0 Å². The van der Waals surface area contributed by atoms with Gasteiger partial charge in [0.15, 0.2) is 17.5 Å². The van der Waals surface area contributed by atoms with Crippen LogP contribution in [0, 0.1) is 17.5 Å². The number of hydrogen-bond donors (Lipinski definition) is 2. The Kier molecular flexibility index (Phi) is 3.75. The molecule has 1 heterocycles. The van der Waals surface area contributed by atoms with Crippen molar-refractivity contribution in [1.82, 2.24) is 10.8 Å². The van der Waals surface area contributed by atoms with Crippen molar-refractivity contribution < 1.29 is 22.8 Å². The Balaban J connectivity index is 2.15. The van der Waals surface area contributed by atoms with Crippen molar-refractivity contribution in [2.24, 2.45) is 0 Å². The SMILES string of the molecule is CC(=O)NCC1C=C(c2cc(F)c(F)c(F)c2)NO1. The lowest BCUT2D eigenvalue weighted by Crippen LogP contribution is -2.30. The van der Waals surface area contributed by atoms with Gasteiger partial charge in [-0.3, -0.25) is 15.1 Å². The normalized spacial score (nSPS) is 17.9. The van der Waals surface area contributed by atoms with E-state index in [9.17, 15) is 18.0 Å². The monoisotopic (exact) mass is 272 g/mol. The van der Waals surface area contributed by atoms with Crippen molar-refractivity contribution in [3.05, 3.63) is 41.2 Å². The molecule has 4 nitrogen and oxygen atoms in total. The van der Waals surface area contributed by atoms with Gasteiger partial charge in [-0.05, 0) is 18.2 Å². The highest BCUT2D eigenvalue weighted by atomic mass is 19.2. The van der Waals surface area contributed by atoms with Crippen LogP contribution in [0.4, 0.5) is 13.2 Å². The maximum Gasteiger partial charge on any atom is 0.216 e. The van der Waals surface area contributed by atoms with Gasteiger partial charge in [0.25, 0.3) is 0 Å². The largest absolute Gasteiger partial charge is 0.353 e. The van der Waals surface area contributed by atoms with Crippen LogP contribution in [0.25, 0.3) is 5.70 Å². The van der Waals surface area contributed by atoms with E-state index < -0.39 is 23.6 Å². The first-order valence-corrected chi connectivity index (χ1v) is 5.50. The number of nitrogens with one attached hydrogen (secondary N) is 2. The molecule has 1 aromatic rings. The smallest absolute Gasteiger partial charge is 0.216 e. The lowest BCUT2D eigenvalue weighted by atomic mass is 10.1. The zero-order valence-electron chi connectivity index (χ0n) is 9.97. The summed E-state index contributed by atoms with van der Waals surface area (Å²) in [5.74, 6) is -4.28. The Bertz CT molecular complexity index is 523. The summed E-state index contributed by atoms with van der Waals surface area (Å²) in [6.07, 6.45) is 1.08. The van der Waals surface area contributed by atoms with Crippen molar-refractivity contribution in [3.8, 4) is 0 Å². The minimum absolute atomic E-state index is 0.127. The van der Waals surface area contributed by atoms with Crippen molar-refractivity contribution in [2.45, 2.75) is 13.0 Å². The molecule has 0 fully saturated rings. The molecule has 0 radical (unpaired) electrons. The molecule has 7 heteroatoms. The first kappa shape index (κ1) is 13.4. The van der Waals surface area contributed by atoms with Gasteiger partial charge >= 0.3 is 0 Å². The molecule has 1 aromatic carbocycles. The van der Waals surface area contributed by atoms with Crippen LogP contribution < -0.4 is 10.8 Å². The first-order valence-electron chi connectivity index (χ1n) is 5.50. The zero-order chi connectivity index (χ0) is 14.0. The fraction of sp³-hybridized carbons (Fsp3) is 0.250. The average Bonchev–Trinajstić information content (AvgIpc) is 2.81. The first-order chi connectivity index (χ1) is 8.97. The van der Waals surface area contributed by atoms with Crippen LogP contribution in [0.5, 0.6) is 0 Å². The van der Waals surface area contributed by atoms with Gasteiger partial charge in [-0.2, -0.15) is 0 Å². The van der Waals surface area contributed by atoms with Gasteiger partial charge in [-0.25, -0.2) is 13.2 Å². The van der Waals surface area contributed by atoms with Crippen molar-refractivity contribution in [1.29, 1.82) is 0 Å². The second-order valence-electron chi connectivity index (χ2n) is 4.03. The lowest BCUT2D eigenvalue weighted by Gasteiger charge is -2.07. The number of hydrogen-bond acceptors (Lipinski definition) is 3. The quantitative estimate of drug-likeness (QED) is 0.820. The van der Waals surface area contributed by atoms with E-state index in [0.29, 0.717) is 5.70 Å². The fourth-order valence-corrected chi connectivity index (χ4v) is 1.60. The molecule has 19 heavy (non-hydrogen) atoms. The summed E-state index contributed by atoms with van der Waals surface area (Å²) >= 11 is 0. The van der Waals surface area contributed by atoms with Gasteiger partial charge in [0, 0.05) is 12.5 Å². The van der Waals surface area contributed by atoms with Crippen molar-refractivity contribution in [2.75, 3.05) is 6.54 Å². The molecular formula is C12H11F3N2O2. The maximum absolute atomic E-state index is 13.1. The highest BCUT2D eigenvalue weighted by molar-refractivity contribution is 5.73. The molecule has 0 aromatic heterocycles. The molecule has 0 saturated heterocycles. The molecule has 2 rings (SSSR count). The highest BCUT2D eigenvalue weighted by Crippen LogP contribution is 2.22. The van der Waals surface area contributed by atoms with E-state index in [1.807, 2.05) is 0 Å². The zero-order valence-corrected chi connectivity index (χ0v) is 9.97.